The van der Waals surface area contributed by atoms with Crippen LogP contribution in [0.5, 0.6) is 0 Å². The number of sulfonamides is 1. The number of ether oxygens (including phenoxy) is 1. The number of carbonyl (C=O) groups excluding carboxylic acids is 2. The molecule has 9 heteroatoms. The minimum absolute atomic E-state index is 0.211. The first-order chi connectivity index (χ1) is 14.1. The highest BCUT2D eigenvalue weighted by Crippen LogP contribution is 2.33. The van der Waals surface area contributed by atoms with Gasteiger partial charge in [-0.2, -0.15) is 0 Å². The lowest BCUT2D eigenvalue weighted by Crippen LogP contribution is -2.24. The number of carbonyl (C=O) groups is 2. The van der Waals surface area contributed by atoms with Crippen molar-refractivity contribution in [1.29, 1.82) is 0 Å². The molecule has 0 saturated heterocycles. The van der Waals surface area contributed by atoms with Crippen LogP contribution in [0.1, 0.15) is 22.8 Å². The molecule has 8 nitrogen and oxygen atoms in total. The Labute approximate surface area is 175 Å². The van der Waals surface area contributed by atoms with Crippen LogP contribution in [0.4, 0.5) is 17.1 Å². The summed E-state index contributed by atoms with van der Waals surface area (Å²) in [6, 6.07) is 11.6. The van der Waals surface area contributed by atoms with E-state index >= 15 is 0 Å². The SMILES string of the molecule is COC(=O)c1ccc2c(c1)C(=CC(C)Nc1ccc(N(C)S(C)(=O)=O)cc1)C(=O)N2. The Hall–Kier alpha value is -3.33. The first-order valence-electron chi connectivity index (χ1n) is 9.16. The van der Waals surface area contributed by atoms with Crippen molar-refractivity contribution < 1.29 is 22.7 Å². The molecule has 1 unspecified atom stereocenters. The lowest BCUT2D eigenvalue weighted by Gasteiger charge is -2.18. The monoisotopic (exact) mass is 429 g/mol. The van der Waals surface area contributed by atoms with E-state index in [2.05, 4.69) is 10.6 Å². The maximum atomic E-state index is 12.4. The summed E-state index contributed by atoms with van der Waals surface area (Å²) in [4.78, 5) is 24.2. The van der Waals surface area contributed by atoms with Crippen molar-refractivity contribution in [1.82, 2.24) is 0 Å². The average Bonchev–Trinajstić information content (AvgIpc) is 3.01. The summed E-state index contributed by atoms with van der Waals surface area (Å²) in [6.07, 6.45) is 2.92. The minimum Gasteiger partial charge on any atom is -0.465 e. The molecule has 0 aliphatic carbocycles. The molecule has 30 heavy (non-hydrogen) atoms. The Bertz CT molecular complexity index is 1120. The van der Waals surface area contributed by atoms with Crippen molar-refractivity contribution in [2.24, 2.45) is 0 Å². The van der Waals surface area contributed by atoms with Crippen molar-refractivity contribution in [2.75, 3.05) is 35.4 Å². The smallest absolute Gasteiger partial charge is 0.337 e. The van der Waals surface area contributed by atoms with Crippen LogP contribution in [-0.4, -0.2) is 46.7 Å². The van der Waals surface area contributed by atoms with Crippen LogP contribution in [0, 0.1) is 0 Å². The van der Waals surface area contributed by atoms with Crippen LogP contribution in [-0.2, 0) is 19.6 Å². The normalized spacial score (nSPS) is 15.3. The number of amides is 1. The van der Waals surface area contributed by atoms with E-state index in [1.807, 2.05) is 6.92 Å². The zero-order valence-corrected chi connectivity index (χ0v) is 17.9. The second kappa shape index (κ2) is 8.19. The molecule has 0 bridgehead atoms. The number of rotatable bonds is 6. The quantitative estimate of drug-likeness (QED) is 0.540. The van der Waals surface area contributed by atoms with Gasteiger partial charge in [-0.1, -0.05) is 0 Å². The molecule has 1 amide bonds. The highest BCUT2D eigenvalue weighted by Gasteiger charge is 2.26. The molecule has 2 aromatic rings. The Morgan fingerprint density at radius 3 is 2.47 bits per heavy atom. The first kappa shape index (κ1) is 21.4. The number of nitrogens with zero attached hydrogens (tertiary/aromatic N) is 1. The summed E-state index contributed by atoms with van der Waals surface area (Å²) in [6.45, 7) is 1.89. The fourth-order valence-corrected chi connectivity index (χ4v) is 3.62. The zero-order valence-electron chi connectivity index (χ0n) is 17.1. The van der Waals surface area contributed by atoms with E-state index in [1.165, 1.54) is 18.5 Å². The van der Waals surface area contributed by atoms with Crippen molar-refractivity contribution in [3.05, 3.63) is 59.7 Å². The predicted octanol–water partition coefficient (Wildman–Crippen LogP) is 2.71. The number of hydrogen-bond donors (Lipinski definition) is 2. The molecular weight excluding hydrogens is 406 g/mol. The van der Waals surface area contributed by atoms with Crippen LogP contribution >= 0.6 is 0 Å². The highest BCUT2D eigenvalue weighted by molar-refractivity contribution is 7.92. The molecule has 0 fully saturated rings. The van der Waals surface area contributed by atoms with Gasteiger partial charge in [-0.3, -0.25) is 9.10 Å². The van der Waals surface area contributed by atoms with Crippen LogP contribution in [0.3, 0.4) is 0 Å². The zero-order chi connectivity index (χ0) is 22.1. The lowest BCUT2D eigenvalue weighted by molar-refractivity contribution is -0.110. The summed E-state index contributed by atoms with van der Waals surface area (Å²) in [7, 11) is -0.532. The molecule has 1 aliphatic heterocycles. The highest BCUT2D eigenvalue weighted by atomic mass is 32.2. The fraction of sp³-hybridized carbons (Fsp3) is 0.238. The van der Waals surface area contributed by atoms with Gasteiger partial charge in [-0.15, -0.1) is 0 Å². The van der Waals surface area contributed by atoms with Gasteiger partial charge in [0.2, 0.25) is 10.0 Å². The van der Waals surface area contributed by atoms with Crippen molar-refractivity contribution in [2.45, 2.75) is 13.0 Å². The number of anilines is 3. The molecule has 1 heterocycles. The average molecular weight is 429 g/mol. The lowest BCUT2D eigenvalue weighted by atomic mass is 10.0. The van der Waals surface area contributed by atoms with Crippen molar-refractivity contribution in [3.63, 3.8) is 0 Å². The van der Waals surface area contributed by atoms with Crippen LogP contribution in [0.15, 0.2) is 48.5 Å². The van der Waals surface area contributed by atoms with Crippen LogP contribution < -0.4 is 14.9 Å². The summed E-state index contributed by atoms with van der Waals surface area (Å²) in [5.74, 6) is -0.715. The van der Waals surface area contributed by atoms with Gasteiger partial charge in [-0.25, -0.2) is 13.2 Å². The number of hydrogen-bond acceptors (Lipinski definition) is 6. The van der Waals surface area contributed by atoms with Gasteiger partial charge in [0.15, 0.2) is 0 Å². The van der Waals surface area contributed by atoms with Crippen LogP contribution in [0.25, 0.3) is 5.57 Å². The molecule has 2 N–H and O–H groups in total. The Balaban J connectivity index is 1.80. The van der Waals surface area contributed by atoms with Gasteiger partial charge in [0, 0.05) is 35.6 Å². The molecule has 0 spiro atoms. The maximum Gasteiger partial charge on any atom is 0.337 e. The second-order valence-corrected chi connectivity index (χ2v) is 9.01. The Morgan fingerprint density at radius 1 is 1.20 bits per heavy atom. The minimum atomic E-state index is -3.33. The molecule has 0 saturated carbocycles. The second-order valence-electron chi connectivity index (χ2n) is 7.00. The Morgan fingerprint density at radius 2 is 1.87 bits per heavy atom. The van der Waals surface area contributed by atoms with Crippen molar-refractivity contribution >= 4 is 44.5 Å². The molecule has 1 atom stereocenters. The molecule has 2 aromatic carbocycles. The number of nitrogens with one attached hydrogen (secondary N) is 2. The van der Waals surface area contributed by atoms with Crippen molar-refractivity contribution in [3.8, 4) is 0 Å². The molecule has 158 valence electrons. The topological polar surface area (TPSA) is 105 Å². The summed E-state index contributed by atoms with van der Waals surface area (Å²) in [5.41, 5.74) is 3.43. The summed E-state index contributed by atoms with van der Waals surface area (Å²) in [5, 5.41) is 6.04. The van der Waals surface area contributed by atoms with Gasteiger partial charge in [-0.05, 0) is 55.5 Å². The summed E-state index contributed by atoms with van der Waals surface area (Å²) < 4.78 is 29.2. The molecular formula is C21H23N3O5S. The van der Waals surface area contributed by atoms with E-state index in [1.54, 1.807) is 48.5 Å². The van der Waals surface area contributed by atoms with E-state index in [9.17, 15) is 18.0 Å². The number of fused-ring (bicyclic) bond motifs is 1. The third-order valence-corrected chi connectivity index (χ3v) is 5.97. The third kappa shape index (κ3) is 4.46. The van der Waals surface area contributed by atoms with Gasteiger partial charge >= 0.3 is 5.97 Å². The largest absolute Gasteiger partial charge is 0.465 e. The third-order valence-electron chi connectivity index (χ3n) is 4.76. The molecule has 0 radical (unpaired) electrons. The summed E-state index contributed by atoms with van der Waals surface area (Å²) >= 11 is 0. The van der Waals surface area contributed by atoms with Gasteiger partial charge in [0.1, 0.15) is 0 Å². The van der Waals surface area contributed by atoms with Gasteiger partial charge in [0.05, 0.1) is 24.6 Å². The Kier molecular flexibility index (Phi) is 5.84. The van der Waals surface area contributed by atoms with E-state index in [0.29, 0.717) is 28.1 Å². The van der Waals surface area contributed by atoms with E-state index < -0.39 is 16.0 Å². The number of esters is 1. The maximum absolute atomic E-state index is 12.4. The van der Waals surface area contributed by atoms with Gasteiger partial charge in [0.25, 0.3) is 5.91 Å². The molecule has 0 aromatic heterocycles. The molecule has 1 aliphatic rings. The standard InChI is InChI=1S/C21H23N3O5S/c1-13(22-15-6-8-16(9-7-15)24(2)30(4,27)28)11-18-17-12-14(21(26)29-3)5-10-19(17)23-20(18)25/h5-13,22H,1-4H3,(H,23,25). The van der Waals surface area contributed by atoms with Crippen LogP contribution in [0.2, 0.25) is 0 Å². The van der Waals surface area contributed by atoms with E-state index in [4.69, 9.17) is 4.74 Å². The number of benzene rings is 2. The molecule has 3 rings (SSSR count). The van der Waals surface area contributed by atoms with E-state index in [-0.39, 0.29) is 11.9 Å². The van der Waals surface area contributed by atoms with Gasteiger partial charge < -0.3 is 15.4 Å². The predicted molar refractivity (Wildman–Crippen MR) is 117 cm³/mol. The van der Waals surface area contributed by atoms with E-state index in [0.717, 1.165) is 11.9 Å². The first-order valence-corrected chi connectivity index (χ1v) is 11.0. The fourth-order valence-electron chi connectivity index (χ4n) is 3.11. The number of methoxy groups -OCH3 is 1.